The molecule has 0 aliphatic heterocycles. The summed E-state index contributed by atoms with van der Waals surface area (Å²) >= 11 is 0. The van der Waals surface area contributed by atoms with E-state index in [-0.39, 0.29) is 36.4 Å². The first-order chi connectivity index (χ1) is 24.4. The summed E-state index contributed by atoms with van der Waals surface area (Å²) in [6.07, 6.45) is -33.5. The quantitative estimate of drug-likeness (QED) is 0.196. The van der Waals surface area contributed by atoms with E-state index in [2.05, 4.69) is 0 Å². The number of halogens is 18. The Hall–Kier alpha value is -5.91. The summed E-state index contributed by atoms with van der Waals surface area (Å²) in [7, 11) is 0. The van der Waals surface area contributed by atoms with Gasteiger partial charge in [0, 0.05) is 16.7 Å². The van der Waals surface area contributed by atoms with E-state index in [4.69, 9.17) is 0 Å². The van der Waals surface area contributed by atoms with Gasteiger partial charge in [0.25, 0.3) is 0 Å². The summed E-state index contributed by atoms with van der Waals surface area (Å²) in [5.41, 5.74) is -24.3. The van der Waals surface area contributed by atoms with E-state index in [1.54, 1.807) is 0 Å². The Labute approximate surface area is 288 Å². The van der Waals surface area contributed by atoms with Crippen LogP contribution in [0, 0.1) is 34.0 Å². The number of hydrogen-bond donors (Lipinski definition) is 0. The van der Waals surface area contributed by atoms with Crippen molar-refractivity contribution in [1.29, 1.82) is 15.8 Å². The highest BCUT2D eigenvalue weighted by atomic mass is 19.4. The van der Waals surface area contributed by atoms with Crippen LogP contribution in [-0.4, -0.2) is 0 Å². The van der Waals surface area contributed by atoms with Gasteiger partial charge < -0.3 is 0 Å². The minimum absolute atomic E-state index is 0.0927. The molecule has 282 valence electrons. The van der Waals surface area contributed by atoms with E-state index >= 15 is 0 Å². The number of allylic oxidation sites excluding steroid dienone is 6. The molecule has 0 N–H and O–H groups in total. The van der Waals surface area contributed by atoms with Gasteiger partial charge in [-0.25, -0.2) is 0 Å². The standard InChI is InChI=1S/C33H9F18N3/c34-28(35,36)16-1-13(2-17(7-16)29(37,38)39)22(10-52)25-26(23(11-53)14-3-18(30(40,41)42)8-19(4-14)31(43,44)45)27(25)24(12-54)15-5-20(32(46,47)48)9-21(6-15)33(49,50)51/h1-9H. The molecule has 0 saturated heterocycles. The number of alkyl halides is 18. The molecule has 1 aliphatic carbocycles. The molecule has 0 atom stereocenters. The Morgan fingerprint density at radius 2 is 0.444 bits per heavy atom. The number of nitrogens with zero attached hydrogens (tertiary/aromatic N) is 3. The Kier molecular flexibility index (Phi) is 9.98. The molecular formula is C33H9F18N3. The van der Waals surface area contributed by atoms with Crippen LogP contribution in [0.3, 0.4) is 0 Å². The topological polar surface area (TPSA) is 71.4 Å². The first-order valence-corrected chi connectivity index (χ1v) is 13.8. The van der Waals surface area contributed by atoms with Crippen molar-refractivity contribution in [2.45, 2.75) is 37.1 Å². The van der Waals surface area contributed by atoms with Crippen LogP contribution in [-0.2, 0) is 37.1 Å². The van der Waals surface area contributed by atoms with Crippen molar-refractivity contribution in [3.05, 3.63) is 121 Å². The molecule has 1 saturated carbocycles. The van der Waals surface area contributed by atoms with Crippen molar-refractivity contribution in [3.8, 4) is 18.2 Å². The van der Waals surface area contributed by atoms with E-state index in [0.717, 1.165) is 18.2 Å². The maximum Gasteiger partial charge on any atom is 0.416 e. The van der Waals surface area contributed by atoms with Gasteiger partial charge in [-0.3, -0.25) is 0 Å². The third kappa shape index (κ3) is 8.33. The van der Waals surface area contributed by atoms with E-state index in [9.17, 15) is 94.8 Å². The summed E-state index contributed by atoms with van der Waals surface area (Å²) in [6.45, 7) is 0. The van der Waals surface area contributed by atoms with Gasteiger partial charge in [0.05, 0.1) is 50.1 Å². The molecule has 1 aliphatic rings. The Morgan fingerprint density at radius 3 is 0.556 bits per heavy atom. The van der Waals surface area contributed by atoms with Gasteiger partial charge in [0.1, 0.15) is 18.2 Å². The molecule has 0 spiro atoms. The molecule has 0 radical (unpaired) electrons. The zero-order chi connectivity index (χ0) is 41.1. The average Bonchev–Trinajstić information content (AvgIpc) is 3.72. The molecule has 0 bridgehead atoms. The smallest absolute Gasteiger partial charge is 0.192 e. The SMILES string of the molecule is N#CC(=C1C(=C(C#N)c2cc(C(F)(F)F)cc(C(F)(F)F)c2)C1=C(C#N)c1cc(C(F)(F)F)cc(C(F)(F)F)c1)c1cc(C(F)(F)F)cc(C(F)(F)F)c1. The van der Waals surface area contributed by atoms with Crippen molar-refractivity contribution < 1.29 is 79.0 Å². The first kappa shape index (κ1) is 40.9. The highest BCUT2D eigenvalue weighted by molar-refractivity contribution is 6.12. The fourth-order valence-electron chi connectivity index (χ4n) is 5.03. The summed E-state index contributed by atoms with van der Waals surface area (Å²) in [6, 6.07) is 1.59. The number of rotatable bonds is 3. The Bertz CT molecular complexity index is 1900. The summed E-state index contributed by atoms with van der Waals surface area (Å²) < 4.78 is 246. The normalized spacial score (nSPS) is 13.9. The lowest BCUT2D eigenvalue weighted by molar-refractivity contribution is -0.144. The molecule has 1 fully saturated rings. The van der Waals surface area contributed by atoms with Crippen molar-refractivity contribution in [2.24, 2.45) is 0 Å². The van der Waals surface area contributed by atoms with Crippen molar-refractivity contribution in [3.63, 3.8) is 0 Å². The zero-order valence-electron chi connectivity index (χ0n) is 25.3. The fourth-order valence-corrected chi connectivity index (χ4v) is 5.03. The van der Waals surface area contributed by atoms with Crippen LogP contribution in [0.25, 0.3) is 16.7 Å². The van der Waals surface area contributed by atoms with E-state index in [0.29, 0.717) is 0 Å². The number of benzene rings is 3. The lowest BCUT2D eigenvalue weighted by Crippen LogP contribution is -2.11. The molecule has 0 unspecified atom stereocenters. The van der Waals surface area contributed by atoms with Crippen molar-refractivity contribution in [2.75, 3.05) is 0 Å². The molecule has 4 rings (SSSR count). The third-order valence-electron chi connectivity index (χ3n) is 7.40. The maximum absolute atomic E-state index is 13.7. The van der Waals surface area contributed by atoms with Gasteiger partial charge in [-0.1, -0.05) is 0 Å². The predicted molar refractivity (Wildman–Crippen MR) is 147 cm³/mol. The van der Waals surface area contributed by atoms with Crippen LogP contribution >= 0.6 is 0 Å². The minimum atomic E-state index is -5.59. The highest BCUT2D eigenvalue weighted by Crippen LogP contribution is 2.57. The van der Waals surface area contributed by atoms with Crippen molar-refractivity contribution >= 4 is 16.7 Å². The molecule has 54 heavy (non-hydrogen) atoms. The average molecular weight is 789 g/mol. The molecule has 3 aromatic carbocycles. The fraction of sp³-hybridized carbons (Fsp3) is 0.182. The van der Waals surface area contributed by atoms with Gasteiger partial charge in [-0.05, 0) is 71.3 Å². The lowest BCUT2D eigenvalue weighted by atomic mass is 9.97. The molecular weight excluding hydrogens is 780 g/mol. The zero-order valence-corrected chi connectivity index (χ0v) is 25.3. The van der Waals surface area contributed by atoms with Gasteiger partial charge in [-0.2, -0.15) is 94.8 Å². The molecule has 0 aromatic heterocycles. The van der Waals surface area contributed by atoms with E-state index < -0.39 is 139 Å². The van der Waals surface area contributed by atoms with Crippen molar-refractivity contribution in [1.82, 2.24) is 0 Å². The van der Waals surface area contributed by atoms with Gasteiger partial charge in [-0.15, -0.1) is 0 Å². The molecule has 3 aromatic rings. The maximum atomic E-state index is 13.7. The summed E-state index contributed by atoms with van der Waals surface area (Å²) in [4.78, 5) is 0. The minimum Gasteiger partial charge on any atom is -0.192 e. The number of hydrogen-bond acceptors (Lipinski definition) is 3. The van der Waals surface area contributed by atoms with Crippen LogP contribution in [0.1, 0.15) is 50.1 Å². The molecule has 21 heteroatoms. The highest BCUT2D eigenvalue weighted by Gasteiger charge is 2.45. The molecule has 0 amide bonds. The third-order valence-corrected chi connectivity index (χ3v) is 7.40. The summed E-state index contributed by atoms with van der Waals surface area (Å²) in [5, 5.41) is 30.0. The largest absolute Gasteiger partial charge is 0.416 e. The van der Waals surface area contributed by atoms with E-state index in [1.165, 1.54) is 0 Å². The molecule has 0 heterocycles. The first-order valence-electron chi connectivity index (χ1n) is 13.8. The lowest BCUT2D eigenvalue weighted by Gasteiger charge is -2.14. The monoisotopic (exact) mass is 789 g/mol. The van der Waals surface area contributed by atoms with Gasteiger partial charge in [0.2, 0.25) is 0 Å². The Balaban J connectivity index is 2.30. The van der Waals surface area contributed by atoms with Gasteiger partial charge in [0.15, 0.2) is 0 Å². The predicted octanol–water partition coefficient (Wildman–Crippen LogP) is 12.0. The van der Waals surface area contributed by atoms with E-state index in [1.807, 2.05) is 0 Å². The second-order valence-corrected chi connectivity index (χ2v) is 11.0. The second kappa shape index (κ2) is 13.2. The van der Waals surface area contributed by atoms with Crippen LogP contribution in [0.15, 0.2) is 71.3 Å². The molecule has 3 nitrogen and oxygen atoms in total. The summed E-state index contributed by atoms with van der Waals surface area (Å²) in [5.74, 6) is 0. The van der Waals surface area contributed by atoms with Gasteiger partial charge >= 0.3 is 37.1 Å². The van der Waals surface area contributed by atoms with Crippen LogP contribution in [0.2, 0.25) is 0 Å². The number of nitriles is 3. The van der Waals surface area contributed by atoms with Crippen LogP contribution in [0.4, 0.5) is 79.0 Å². The van der Waals surface area contributed by atoms with Crippen LogP contribution < -0.4 is 0 Å². The second-order valence-electron chi connectivity index (χ2n) is 11.0. The Morgan fingerprint density at radius 1 is 0.296 bits per heavy atom. The van der Waals surface area contributed by atoms with Crippen LogP contribution in [0.5, 0.6) is 0 Å².